The highest BCUT2D eigenvalue weighted by Crippen LogP contribution is 2.26. The molecule has 0 aliphatic rings. The zero-order valence-electron chi connectivity index (χ0n) is 14.8. The van der Waals surface area contributed by atoms with E-state index in [2.05, 4.69) is 20.4 Å². The smallest absolute Gasteiger partial charge is 0.337 e. The Bertz CT molecular complexity index is 1030. The van der Waals surface area contributed by atoms with E-state index in [1.54, 1.807) is 42.5 Å². The van der Waals surface area contributed by atoms with Crippen LogP contribution in [0, 0.1) is 0 Å². The molecule has 2 amide bonds. The van der Waals surface area contributed by atoms with Gasteiger partial charge in [0, 0.05) is 24.2 Å². The third-order valence-corrected chi connectivity index (χ3v) is 4.97. The lowest BCUT2D eigenvalue weighted by Gasteiger charge is -2.07. The summed E-state index contributed by atoms with van der Waals surface area (Å²) in [7, 11) is 1.30. The topological polar surface area (TPSA) is 97.4 Å². The van der Waals surface area contributed by atoms with Crippen LogP contribution in [0.5, 0.6) is 0 Å². The molecule has 0 radical (unpaired) electrons. The molecule has 0 fully saturated rings. The minimum Gasteiger partial charge on any atom is -0.465 e. The van der Waals surface area contributed by atoms with E-state index in [4.69, 9.17) is 11.6 Å². The van der Waals surface area contributed by atoms with E-state index in [-0.39, 0.29) is 24.8 Å². The maximum absolute atomic E-state index is 12.2. The first-order chi connectivity index (χ1) is 13.5. The first kappa shape index (κ1) is 19.8. The van der Waals surface area contributed by atoms with E-state index in [1.165, 1.54) is 18.4 Å². The summed E-state index contributed by atoms with van der Waals surface area (Å²) in [5.74, 6) is -0.975. The van der Waals surface area contributed by atoms with Crippen LogP contribution in [-0.2, 0) is 9.53 Å². The van der Waals surface area contributed by atoms with E-state index in [0.29, 0.717) is 21.3 Å². The Balaban J connectivity index is 1.48. The summed E-state index contributed by atoms with van der Waals surface area (Å²) in [6.07, 6.45) is 0.110. The van der Waals surface area contributed by atoms with Crippen LogP contribution in [0.4, 0.5) is 5.69 Å². The number of benzene rings is 2. The van der Waals surface area contributed by atoms with Crippen LogP contribution in [0.1, 0.15) is 27.1 Å². The number of anilines is 1. The van der Waals surface area contributed by atoms with E-state index < -0.39 is 5.97 Å². The highest BCUT2D eigenvalue weighted by Gasteiger charge is 2.10. The predicted octanol–water partition coefficient (Wildman–Crippen LogP) is 3.49. The molecule has 1 heterocycles. The van der Waals surface area contributed by atoms with Gasteiger partial charge in [0.25, 0.3) is 5.91 Å². The molecule has 28 heavy (non-hydrogen) atoms. The zero-order valence-corrected chi connectivity index (χ0v) is 16.4. The Labute approximate surface area is 169 Å². The number of halogens is 1. The molecule has 144 valence electrons. The number of amides is 2. The first-order valence-electron chi connectivity index (χ1n) is 8.29. The van der Waals surface area contributed by atoms with Crippen molar-refractivity contribution in [2.24, 2.45) is 0 Å². The molecule has 0 aliphatic heterocycles. The largest absolute Gasteiger partial charge is 0.465 e. The average molecular weight is 418 g/mol. The highest BCUT2D eigenvalue weighted by atomic mass is 35.5. The van der Waals surface area contributed by atoms with Crippen LogP contribution in [0.15, 0.2) is 42.5 Å². The number of nitrogens with one attached hydrogen (secondary N) is 2. The molecule has 0 aliphatic carbocycles. The number of rotatable bonds is 6. The number of esters is 1. The van der Waals surface area contributed by atoms with E-state index >= 15 is 0 Å². The van der Waals surface area contributed by atoms with Gasteiger partial charge in [-0.15, -0.1) is 11.3 Å². The molecule has 0 bridgehead atoms. The molecule has 2 aromatic carbocycles. The Kier molecular flexibility index (Phi) is 6.23. The van der Waals surface area contributed by atoms with Crippen LogP contribution in [0.3, 0.4) is 0 Å². The molecule has 0 spiro atoms. The molecule has 3 aromatic rings. The van der Waals surface area contributed by atoms with Gasteiger partial charge in [0.1, 0.15) is 0 Å². The number of thiazole rings is 1. The van der Waals surface area contributed by atoms with Crippen molar-refractivity contribution in [2.45, 2.75) is 6.42 Å². The number of hydrogen-bond donors (Lipinski definition) is 2. The van der Waals surface area contributed by atoms with Gasteiger partial charge in [-0.1, -0.05) is 11.6 Å². The molecule has 9 heteroatoms. The van der Waals surface area contributed by atoms with Gasteiger partial charge in [-0.05, 0) is 42.5 Å². The summed E-state index contributed by atoms with van der Waals surface area (Å²) < 4.78 is 5.86. The number of fused-ring (bicyclic) bond motifs is 1. The number of nitrogens with zero attached hydrogens (tertiary/aromatic N) is 1. The third-order valence-electron chi connectivity index (χ3n) is 3.85. The summed E-state index contributed by atoms with van der Waals surface area (Å²) >= 11 is 7.17. The second kappa shape index (κ2) is 8.81. The number of carbonyl (C=O) groups is 3. The standard InChI is InChI=1S/C19H16ClN3O4S/c1-27-18(26)11-2-5-13(6-3-11)22-16(24)8-9-21-17(25)12-4-7-14-15(10-12)28-19(20)23-14/h2-7,10H,8-9H2,1H3,(H,21,25)(H,22,24). The van der Waals surface area contributed by atoms with Crippen molar-refractivity contribution < 1.29 is 19.1 Å². The van der Waals surface area contributed by atoms with Crippen molar-refractivity contribution in [3.8, 4) is 0 Å². The zero-order chi connectivity index (χ0) is 20.1. The SMILES string of the molecule is COC(=O)c1ccc(NC(=O)CCNC(=O)c2ccc3nc(Cl)sc3c2)cc1. The molecule has 3 rings (SSSR count). The fourth-order valence-electron chi connectivity index (χ4n) is 2.46. The Morgan fingerprint density at radius 1 is 1.11 bits per heavy atom. The van der Waals surface area contributed by atoms with Crippen molar-refractivity contribution in [3.05, 3.63) is 58.1 Å². The van der Waals surface area contributed by atoms with Gasteiger partial charge in [-0.25, -0.2) is 9.78 Å². The second-order valence-corrected chi connectivity index (χ2v) is 7.39. The Morgan fingerprint density at radius 2 is 1.82 bits per heavy atom. The maximum atomic E-state index is 12.2. The summed E-state index contributed by atoms with van der Waals surface area (Å²) in [4.78, 5) is 39.8. The Hall–Kier alpha value is -2.97. The molecular formula is C19H16ClN3O4S. The summed E-state index contributed by atoms with van der Waals surface area (Å²) in [5.41, 5.74) is 2.17. The molecular weight excluding hydrogens is 402 g/mol. The van der Waals surface area contributed by atoms with Crippen LogP contribution in [0.25, 0.3) is 10.2 Å². The van der Waals surface area contributed by atoms with Crippen LogP contribution < -0.4 is 10.6 Å². The third kappa shape index (κ3) is 4.85. The van der Waals surface area contributed by atoms with Crippen molar-refractivity contribution >= 4 is 56.6 Å². The predicted molar refractivity (Wildman–Crippen MR) is 108 cm³/mol. The molecule has 1 aromatic heterocycles. The van der Waals surface area contributed by atoms with Gasteiger partial charge < -0.3 is 15.4 Å². The number of aromatic nitrogens is 1. The lowest BCUT2D eigenvalue weighted by atomic mass is 10.2. The van der Waals surface area contributed by atoms with Crippen LogP contribution in [0.2, 0.25) is 4.47 Å². The van der Waals surface area contributed by atoms with Gasteiger partial charge in [0.15, 0.2) is 4.47 Å². The maximum Gasteiger partial charge on any atom is 0.337 e. The minimum absolute atomic E-state index is 0.110. The minimum atomic E-state index is -0.445. The number of ether oxygens (including phenoxy) is 1. The summed E-state index contributed by atoms with van der Waals surface area (Å²) in [6.45, 7) is 0.187. The summed E-state index contributed by atoms with van der Waals surface area (Å²) in [6, 6.07) is 11.5. The Morgan fingerprint density at radius 3 is 2.54 bits per heavy atom. The average Bonchev–Trinajstić information content (AvgIpc) is 3.07. The van der Waals surface area contributed by atoms with Crippen molar-refractivity contribution in [2.75, 3.05) is 19.0 Å². The van der Waals surface area contributed by atoms with Crippen molar-refractivity contribution in [3.63, 3.8) is 0 Å². The van der Waals surface area contributed by atoms with Gasteiger partial charge in [0.2, 0.25) is 5.91 Å². The highest BCUT2D eigenvalue weighted by molar-refractivity contribution is 7.22. The van der Waals surface area contributed by atoms with E-state index in [9.17, 15) is 14.4 Å². The quantitative estimate of drug-likeness (QED) is 0.598. The van der Waals surface area contributed by atoms with Crippen LogP contribution >= 0.6 is 22.9 Å². The fourth-order valence-corrected chi connectivity index (χ4v) is 3.53. The van der Waals surface area contributed by atoms with E-state index in [1.807, 2.05) is 0 Å². The number of carbonyl (C=O) groups excluding carboxylic acids is 3. The lowest BCUT2D eigenvalue weighted by molar-refractivity contribution is -0.116. The van der Waals surface area contributed by atoms with E-state index in [0.717, 1.165) is 10.2 Å². The summed E-state index contributed by atoms with van der Waals surface area (Å²) in [5, 5.41) is 5.41. The van der Waals surface area contributed by atoms with Gasteiger partial charge >= 0.3 is 5.97 Å². The monoisotopic (exact) mass is 417 g/mol. The van der Waals surface area contributed by atoms with Gasteiger partial charge in [-0.2, -0.15) is 0 Å². The number of methoxy groups -OCH3 is 1. The fraction of sp³-hybridized carbons (Fsp3) is 0.158. The van der Waals surface area contributed by atoms with Crippen molar-refractivity contribution in [1.82, 2.24) is 10.3 Å². The molecule has 0 saturated carbocycles. The molecule has 0 atom stereocenters. The van der Waals surface area contributed by atoms with Gasteiger partial charge in [0.05, 0.1) is 22.9 Å². The first-order valence-corrected chi connectivity index (χ1v) is 9.48. The van der Waals surface area contributed by atoms with Crippen LogP contribution in [-0.4, -0.2) is 36.4 Å². The van der Waals surface area contributed by atoms with Crippen molar-refractivity contribution in [1.29, 1.82) is 0 Å². The molecule has 0 unspecified atom stereocenters. The normalized spacial score (nSPS) is 10.5. The second-order valence-electron chi connectivity index (χ2n) is 5.77. The molecule has 7 nitrogen and oxygen atoms in total. The van der Waals surface area contributed by atoms with Gasteiger partial charge in [-0.3, -0.25) is 9.59 Å². The molecule has 2 N–H and O–H groups in total. The number of hydrogen-bond acceptors (Lipinski definition) is 6. The lowest BCUT2D eigenvalue weighted by Crippen LogP contribution is -2.27. The molecule has 0 saturated heterocycles.